The summed E-state index contributed by atoms with van der Waals surface area (Å²) in [5, 5.41) is 4.72. The molecule has 2 aromatic heterocycles. The molecule has 7 nitrogen and oxygen atoms in total. The van der Waals surface area contributed by atoms with Crippen LogP contribution in [0, 0.1) is 13.8 Å². The zero-order valence-electron chi connectivity index (χ0n) is 19.4. The zero-order chi connectivity index (χ0) is 22.3. The Kier molecular flexibility index (Phi) is 5.56. The van der Waals surface area contributed by atoms with Gasteiger partial charge in [-0.05, 0) is 31.9 Å². The average molecular weight is 421 g/mol. The first-order chi connectivity index (χ1) is 14.6. The molecule has 1 aliphatic rings. The van der Waals surface area contributed by atoms with E-state index in [1.807, 2.05) is 18.7 Å². The Morgan fingerprint density at radius 1 is 1.00 bits per heavy atom. The lowest BCUT2D eigenvalue weighted by Crippen LogP contribution is -2.47. The largest absolute Gasteiger partial charge is 0.340 e. The highest BCUT2D eigenvalue weighted by atomic mass is 16.2. The van der Waals surface area contributed by atoms with Crippen LogP contribution in [0.2, 0.25) is 0 Å². The van der Waals surface area contributed by atoms with Crippen molar-refractivity contribution in [2.45, 2.75) is 46.5 Å². The topological polar surface area (TPSA) is 66.6 Å². The van der Waals surface area contributed by atoms with Crippen LogP contribution in [0.15, 0.2) is 24.3 Å². The van der Waals surface area contributed by atoms with E-state index < -0.39 is 0 Å². The molecule has 3 heterocycles. The van der Waals surface area contributed by atoms with Crippen LogP contribution < -0.4 is 0 Å². The van der Waals surface area contributed by atoms with Gasteiger partial charge in [-0.1, -0.05) is 45.0 Å². The second kappa shape index (κ2) is 8.04. The molecule has 1 aliphatic heterocycles. The van der Waals surface area contributed by atoms with Gasteiger partial charge in [-0.15, -0.1) is 5.10 Å². The number of aryl methyl sites for hydroxylation is 2. The fraction of sp³-hybridized carbons (Fsp3) is 0.500. The van der Waals surface area contributed by atoms with Gasteiger partial charge in [-0.2, -0.15) is 4.98 Å². The first-order valence-corrected chi connectivity index (χ1v) is 10.9. The molecule has 0 aliphatic carbocycles. The van der Waals surface area contributed by atoms with E-state index in [9.17, 15) is 4.79 Å². The van der Waals surface area contributed by atoms with Crippen LogP contribution in [0.25, 0.3) is 17.2 Å². The third kappa shape index (κ3) is 4.32. The maximum absolute atomic E-state index is 12.9. The number of hydrogen-bond acceptors (Lipinski definition) is 5. The monoisotopic (exact) mass is 420 g/mol. The van der Waals surface area contributed by atoms with Gasteiger partial charge >= 0.3 is 0 Å². The number of piperazine rings is 1. The zero-order valence-corrected chi connectivity index (χ0v) is 19.4. The Bertz CT molecular complexity index is 1100. The molecule has 0 unspecified atom stereocenters. The standard InChI is InChI=1S/C24H32N6O/c1-16-20(15-21(31)29-13-11-28(6)12-14-29)17(2)30-23(25-16)26-22(27-30)18-7-9-19(10-8-18)24(3,4)5/h7-10H,11-15H2,1-6H3. The minimum Gasteiger partial charge on any atom is -0.340 e. The molecule has 1 saturated heterocycles. The summed E-state index contributed by atoms with van der Waals surface area (Å²) in [6.45, 7) is 13.9. The first-order valence-electron chi connectivity index (χ1n) is 10.9. The maximum atomic E-state index is 12.9. The van der Waals surface area contributed by atoms with Crippen LogP contribution in [-0.4, -0.2) is 68.5 Å². The highest BCUT2D eigenvalue weighted by molar-refractivity contribution is 5.79. The third-order valence-electron chi connectivity index (χ3n) is 6.24. The molecule has 7 heteroatoms. The van der Waals surface area contributed by atoms with Gasteiger partial charge in [0.05, 0.1) is 6.42 Å². The van der Waals surface area contributed by atoms with E-state index >= 15 is 0 Å². The molecule has 1 fully saturated rings. The smallest absolute Gasteiger partial charge is 0.253 e. The summed E-state index contributed by atoms with van der Waals surface area (Å²) in [4.78, 5) is 26.4. The molecule has 3 aromatic rings. The second-order valence-corrected chi connectivity index (χ2v) is 9.60. The number of carbonyl (C=O) groups is 1. The predicted molar refractivity (Wildman–Crippen MR) is 122 cm³/mol. The van der Waals surface area contributed by atoms with E-state index in [4.69, 9.17) is 5.10 Å². The van der Waals surface area contributed by atoms with Crippen molar-refractivity contribution in [3.63, 3.8) is 0 Å². The molecule has 31 heavy (non-hydrogen) atoms. The molecule has 0 N–H and O–H groups in total. The summed E-state index contributed by atoms with van der Waals surface area (Å²) in [6.07, 6.45) is 0.347. The molecule has 0 bridgehead atoms. The molecule has 0 spiro atoms. The van der Waals surface area contributed by atoms with Crippen LogP contribution in [0.3, 0.4) is 0 Å². The number of amides is 1. The summed E-state index contributed by atoms with van der Waals surface area (Å²) < 4.78 is 1.77. The number of rotatable bonds is 3. The van der Waals surface area contributed by atoms with Crippen molar-refractivity contribution >= 4 is 11.7 Å². The van der Waals surface area contributed by atoms with Crippen LogP contribution in [0.4, 0.5) is 0 Å². The van der Waals surface area contributed by atoms with Crippen molar-refractivity contribution in [1.29, 1.82) is 0 Å². The van der Waals surface area contributed by atoms with Crippen molar-refractivity contribution in [2.24, 2.45) is 0 Å². The van der Waals surface area contributed by atoms with Crippen LogP contribution >= 0.6 is 0 Å². The van der Waals surface area contributed by atoms with Crippen molar-refractivity contribution in [2.75, 3.05) is 33.2 Å². The van der Waals surface area contributed by atoms with Crippen LogP contribution in [0.1, 0.15) is 43.3 Å². The molecule has 164 valence electrons. The molecule has 1 amide bonds. The van der Waals surface area contributed by atoms with E-state index in [2.05, 4.69) is 67.0 Å². The lowest BCUT2D eigenvalue weighted by atomic mass is 9.87. The summed E-state index contributed by atoms with van der Waals surface area (Å²) in [7, 11) is 2.09. The van der Waals surface area contributed by atoms with Crippen molar-refractivity contribution in [3.8, 4) is 11.4 Å². The number of fused-ring (bicyclic) bond motifs is 1. The fourth-order valence-electron chi connectivity index (χ4n) is 4.02. The SMILES string of the molecule is Cc1nc2nc(-c3ccc(C(C)(C)C)cc3)nn2c(C)c1CC(=O)N1CCN(C)CC1. The quantitative estimate of drug-likeness (QED) is 0.652. The fourth-order valence-corrected chi connectivity index (χ4v) is 4.02. The Balaban J connectivity index is 1.62. The Hall–Kier alpha value is -2.80. The molecule has 0 atom stereocenters. The van der Waals surface area contributed by atoms with E-state index in [1.165, 1.54) is 5.56 Å². The Morgan fingerprint density at radius 3 is 2.26 bits per heavy atom. The van der Waals surface area contributed by atoms with Gasteiger partial charge in [0, 0.05) is 48.7 Å². The summed E-state index contributed by atoms with van der Waals surface area (Å²) in [5.41, 5.74) is 5.05. The highest BCUT2D eigenvalue weighted by Crippen LogP contribution is 2.25. The van der Waals surface area contributed by atoms with Crippen molar-refractivity contribution in [1.82, 2.24) is 29.4 Å². The number of hydrogen-bond donors (Lipinski definition) is 0. The number of carbonyl (C=O) groups excluding carboxylic acids is 1. The molecular weight excluding hydrogens is 388 g/mol. The highest BCUT2D eigenvalue weighted by Gasteiger charge is 2.22. The minimum absolute atomic E-state index is 0.103. The van der Waals surface area contributed by atoms with Gasteiger partial charge in [-0.3, -0.25) is 4.79 Å². The number of nitrogens with zero attached hydrogens (tertiary/aromatic N) is 6. The number of aromatic nitrogens is 4. The van der Waals surface area contributed by atoms with Crippen molar-refractivity contribution < 1.29 is 4.79 Å². The van der Waals surface area contributed by atoms with Crippen LogP contribution in [-0.2, 0) is 16.6 Å². The average Bonchev–Trinajstić information content (AvgIpc) is 3.15. The lowest BCUT2D eigenvalue weighted by Gasteiger charge is -2.32. The lowest BCUT2D eigenvalue weighted by molar-refractivity contribution is -0.132. The van der Waals surface area contributed by atoms with Crippen LogP contribution in [0.5, 0.6) is 0 Å². The van der Waals surface area contributed by atoms with E-state index in [0.717, 1.165) is 48.7 Å². The van der Waals surface area contributed by atoms with E-state index in [-0.39, 0.29) is 11.3 Å². The number of likely N-dealkylation sites (N-methyl/N-ethyl adjacent to an activating group) is 1. The van der Waals surface area contributed by atoms with Gasteiger partial charge in [0.1, 0.15) is 0 Å². The second-order valence-electron chi connectivity index (χ2n) is 9.60. The molecule has 1 aromatic carbocycles. The van der Waals surface area contributed by atoms with Gasteiger partial charge in [0.2, 0.25) is 5.91 Å². The van der Waals surface area contributed by atoms with Crippen molar-refractivity contribution in [3.05, 3.63) is 46.8 Å². The van der Waals surface area contributed by atoms with E-state index in [0.29, 0.717) is 18.0 Å². The van der Waals surface area contributed by atoms with Gasteiger partial charge < -0.3 is 9.80 Å². The number of benzene rings is 1. The van der Waals surface area contributed by atoms with Gasteiger partial charge in [0.15, 0.2) is 5.82 Å². The maximum Gasteiger partial charge on any atom is 0.253 e. The normalized spacial score (nSPS) is 15.6. The Morgan fingerprint density at radius 2 is 1.65 bits per heavy atom. The minimum atomic E-state index is 0.103. The summed E-state index contributed by atoms with van der Waals surface area (Å²) >= 11 is 0. The summed E-state index contributed by atoms with van der Waals surface area (Å²) in [6, 6.07) is 8.39. The molecule has 4 rings (SSSR count). The molecule has 0 saturated carbocycles. The van der Waals surface area contributed by atoms with E-state index in [1.54, 1.807) is 4.52 Å². The predicted octanol–water partition coefficient (Wildman–Crippen LogP) is 3.02. The summed E-state index contributed by atoms with van der Waals surface area (Å²) in [5.74, 6) is 1.37. The van der Waals surface area contributed by atoms with Gasteiger partial charge in [-0.25, -0.2) is 9.50 Å². The third-order valence-corrected chi connectivity index (χ3v) is 6.24. The molecule has 0 radical (unpaired) electrons. The van der Waals surface area contributed by atoms with Gasteiger partial charge in [0.25, 0.3) is 5.78 Å². The first kappa shape index (κ1) is 21.4. The Labute approximate surface area is 184 Å². The molecular formula is C24H32N6O.